The molecule has 0 spiro atoms. The van der Waals surface area contributed by atoms with E-state index in [9.17, 15) is 9.59 Å². The molecule has 0 aliphatic carbocycles. The summed E-state index contributed by atoms with van der Waals surface area (Å²) >= 11 is 0. The Morgan fingerprint density at radius 3 is 1.95 bits per heavy atom. The summed E-state index contributed by atoms with van der Waals surface area (Å²) < 4.78 is 4.98. The van der Waals surface area contributed by atoms with E-state index in [4.69, 9.17) is 21.3 Å². The lowest BCUT2D eigenvalue weighted by atomic mass is 10.2. The molecule has 0 rings (SSSR count). The Bertz CT molecular complexity index is 286. The average molecular weight is 369 g/mol. The molecule has 0 heterocycles. The maximum absolute atomic E-state index is 11.4. The average Bonchev–Trinajstić information content (AvgIpc) is 2.30. The smallest absolute Gasteiger partial charge is 0.323 e. The molecule has 2 atom stereocenters. The van der Waals surface area contributed by atoms with Crippen molar-refractivity contribution in [3.05, 3.63) is 0 Å². The molecule has 0 aliphatic heterocycles. The Hall–Kier alpha value is 0.140. The van der Waals surface area contributed by atoms with Gasteiger partial charge in [-0.1, -0.05) is 35.4 Å². The Kier molecular flexibility index (Phi) is 17.7. The highest BCUT2D eigenvalue weighted by Gasteiger charge is 2.17. The number of ether oxygens (including phenoxy) is 1. The molecule has 2 unspecified atom stereocenters. The number of hydrogen-bond donors (Lipinski definition) is 3. The number of carbonyl (C=O) groups is 2. The van der Waals surface area contributed by atoms with E-state index in [0.29, 0.717) is 12.4 Å². The Morgan fingerprint density at radius 1 is 1.10 bits per heavy atom. The second-order valence-corrected chi connectivity index (χ2v) is 6.70. The highest BCUT2D eigenvalue weighted by molar-refractivity contribution is 8.76. The fourth-order valence-electron chi connectivity index (χ4n) is 0.738. The molecular formula is C10H22Cl2N2O4S2. The maximum Gasteiger partial charge on any atom is 0.323 e. The van der Waals surface area contributed by atoms with Crippen LogP contribution < -0.4 is 11.5 Å². The van der Waals surface area contributed by atoms with Crippen molar-refractivity contribution in [1.82, 2.24) is 0 Å². The minimum absolute atomic E-state index is 0. The van der Waals surface area contributed by atoms with Crippen LogP contribution in [0.2, 0.25) is 0 Å². The van der Waals surface area contributed by atoms with Crippen molar-refractivity contribution in [1.29, 1.82) is 0 Å². The van der Waals surface area contributed by atoms with Crippen molar-refractivity contribution in [2.24, 2.45) is 17.4 Å². The highest BCUT2D eigenvalue weighted by Crippen LogP contribution is 2.22. The molecule has 6 nitrogen and oxygen atoms in total. The van der Waals surface area contributed by atoms with E-state index in [1.807, 2.05) is 13.8 Å². The zero-order valence-corrected chi connectivity index (χ0v) is 14.6. The number of nitrogens with two attached hydrogens (primary N) is 2. The van der Waals surface area contributed by atoms with Crippen LogP contribution in [-0.4, -0.2) is 47.2 Å². The summed E-state index contributed by atoms with van der Waals surface area (Å²) in [6, 6.07) is -1.59. The van der Waals surface area contributed by atoms with Crippen LogP contribution in [0.3, 0.4) is 0 Å². The predicted molar refractivity (Wildman–Crippen MR) is 88.8 cm³/mol. The van der Waals surface area contributed by atoms with E-state index >= 15 is 0 Å². The second kappa shape index (κ2) is 14.1. The number of carboxylic acids is 1. The molecule has 122 valence electrons. The van der Waals surface area contributed by atoms with Crippen LogP contribution in [0.4, 0.5) is 0 Å². The fourth-order valence-corrected chi connectivity index (χ4v) is 2.96. The lowest BCUT2D eigenvalue weighted by Crippen LogP contribution is -2.35. The van der Waals surface area contributed by atoms with Gasteiger partial charge in [0, 0.05) is 11.5 Å². The first-order chi connectivity index (χ1) is 8.34. The van der Waals surface area contributed by atoms with Crippen molar-refractivity contribution < 1.29 is 19.4 Å². The normalized spacial score (nSPS) is 12.8. The summed E-state index contributed by atoms with van der Waals surface area (Å²) in [6.45, 7) is 4.24. The lowest BCUT2D eigenvalue weighted by Gasteiger charge is -2.12. The molecule has 0 saturated carbocycles. The van der Waals surface area contributed by atoms with Gasteiger partial charge in [-0.25, -0.2) is 0 Å². The molecule has 20 heavy (non-hydrogen) atoms. The first-order valence-electron chi connectivity index (χ1n) is 5.49. The van der Waals surface area contributed by atoms with Gasteiger partial charge in [0.05, 0.1) is 6.61 Å². The van der Waals surface area contributed by atoms with E-state index in [2.05, 4.69) is 0 Å². The first-order valence-corrected chi connectivity index (χ1v) is 7.98. The Labute approximate surface area is 139 Å². The van der Waals surface area contributed by atoms with Gasteiger partial charge in [-0.05, 0) is 5.92 Å². The van der Waals surface area contributed by atoms with Crippen molar-refractivity contribution in [3.8, 4) is 0 Å². The molecule has 0 aromatic rings. The molecule has 0 aliphatic rings. The van der Waals surface area contributed by atoms with Crippen LogP contribution >= 0.6 is 46.4 Å². The minimum Gasteiger partial charge on any atom is -0.480 e. The van der Waals surface area contributed by atoms with E-state index < -0.39 is 24.0 Å². The molecular weight excluding hydrogens is 347 g/mol. The topological polar surface area (TPSA) is 116 Å². The van der Waals surface area contributed by atoms with E-state index in [1.165, 1.54) is 21.6 Å². The van der Waals surface area contributed by atoms with Gasteiger partial charge in [-0.15, -0.1) is 24.8 Å². The number of esters is 1. The largest absolute Gasteiger partial charge is 0.480 e. The maximum atomic E-state index is 11.4. The van der Waals surface area contributed by atoms with Crippen LogP contribution in [-0.2, 0) is 14.3 Å². The molecule has 0 saturated heterocycles. The molecule has 0 bridgehead atoms. The van der Waals surface area contributed by atoms with E-state index in [-0.39, 0.29) is 36.5 Å². The predicted octanol–water partition coefficient (Wildman–Crippen LogP) is 1.15. The van der Waals surface area contributed by atoms with Crippen molar-refractivity contribution >= 4 is 58.3 Å². The van der Waals surface area contributed by atoms with Crippen molar-refractivity contribution in [3.63, 3.8) is 0 Å². The van der Waals surface area contributed by atoms with Gasteiger partial charge in [0.15, 0.2) is 0 Å². The number of rotatable bonds is 9. The second-order valence-electron chi connectivity index (χ2n) is 4.14. The van der Waals surface area contributed by atoms with Gasteiger partial charge in [0.25, 0.3) is 0 Å². The van der Waals surface area contributed by atoms with Gasteiger partial charge in [-0.3, -0.25) is 9.59 Å². The van der Waals surface area contributed by atoms with Crippen molar-refractivity contribution in [2.45, 2.75) is 25.9 Å². The number of carboxylic acid groups (broad SMARTS) is 1. The molecule has 0 amide bonds. The van der Waals surface area contributed by atoms with E-state index in [1.54, 1.807) is 0 Å². The minimum atomic E-state index is -1.04. The molecule has 0 aromatic heterocycles. The third kappa shape index (κ3) is 13.1. The van der Waals surface area contributed by atoms with Gasteiger partial charge < -0.3 is 21.3 Å². The monoisotopic (exact) mass is 368 g/mol. The zero-order chi connectivity index (χ0) is 14.1. The molecule has 0 aromatic carbocycles. The molecule has 0 radical (unpaired) electrons. The quantitative estimate of drug-likeness (QED) is 0.315. The number of hydrogen-bond acceptors (Lipinski definition) is 7. The summed E-state index contributed by atoms with van der Waals surface area (Å²) in [5.41, 5.74) is 10.9. The van der Waals surface area contributed by atoms with Crippen LogP contribution in [0.5, 0.6) is 0 Å². The van der Waals surface area contributed by atoms with Crippen LogP contribution in [0.15, 0.2) is 0 Å². The van der Waals surface area contributed by atoms with Gasteiger partial charge in [0.1, 0.15) is 12.1 Å². The Morgan fingerprint density at radius 2 is 1.55 bits per heavy atom. The lowest BCUT2D eigenvalue weighted by molar-refractivity contribution is -0.145. The number of carbonyl (C=O) groups excluding carboxylic acids is 1. The van der Waals surface area contributed by atoms with Crippen LogP contribution in [0.1, 0.15) is 13.8 Å². The SMILES string of the molecule is CC(C)COC(=O)C(N)CSSCC(N)C(=O)O.Cl.Cl. The first kappa shape index (κ1) is 25.1. The van der Waals surface area contributed by atoms with Crippen molar-refractivity contribution in [2.75, 3.05) is 18.1 Å². The number of aliphatic carboxylic acids is 1. The summed E-state index contributed by atoms with van der Waals surface area (Å²) in [5.74, 6) is -0.554. The van der Waals surface area contributed by atoms with Gasteiger partial charge >= 0.3 is 11.9 Å². The summed E-state index contributed by atoms with van der Waals surface area (Å²) in [7, 11) is 2.60. The van der Waals surface area contributed by atoms with E-state index in [0.717, 1.165) is 0 Å². The van der Waals surface area contributed by atoms with Gasteiger partial charge in [-0.2, -0.15) is 0 Å². The standard InChI is InChI=1S/C10H20N2O4S2.2ClH/c1-6(2)3-16-10(15)8(12)5-18-17-4-7(11)9(13)14;;/h6-8H,3-5,11-12H2,1-2H3,(H,13,14);2*1H. The third-order valence-electron chi connectivity index (χ3n) is 1.76. The zero-order valence-electron chi connectivity index (χ0n) is 11.3. The van der Waals surface area contributed by atoms with Crippen LogP contribution in [0.25, 0.3) is 0 Å². The molecule has 10 heteroatoms. The molecule has 0 fully saturated rings. The third-order valence-corrected chi connectivity index (χ3v) is 4.23. The highest BCUT2D eigenvalue weighted by atomic mass is 35.5. The summed E-state index contributed by atoms with van der Waals surface area (Å²) in [5, 5.41) is 8.55. The summed E-state index contributed by atoms with van der Waals surface area (Å²) in [6.07, 6.45) is 0. The molecule has 5 N–H and O–H groups in total. The summed E-state index contributed by atoms with van der Waals surface area (Å²) in [4.78, 5) is 21.8. The Balaban J connectivity index is -0.00000144. The van der Waals surface area contributed by atoms with Crippen LogP contribution in [0, 0.1) is 5.92 Å². The van der Waals surface area contributed by atoms with Gasteiger partial charge in [0.2, 0.25) is 0 Å². The number of halogens is 2. The fraction of sp³-hybridized carbons (Fsp3) is 0.800.